The molecule has 2 N–H and O–H groups in total. The Balaban J connectivity index is 2.83. The number of hydrogen-bond acceptors (Lipinski definition) is 2. The van der Waals surface area contributed by atoms with Gasteiger partial charge >= 0.3 is 0 Å². The lowest BCUT2D eigenvalue weighted by Crippen LogP contribution is -2.26. The van der Waals surface area contributed by atoms with Gasteiger partial charge in [0.25, 0.3) is 0 Å². The third-order valence-electron chi connectivity index (χ3n) is 0.223. The maximum absolute atomic E-state index is 9.87. The van der Waals surface area contributed by atoms with E-state index in [9.17, 15) is 4.79 Å². The Bertz CT molecular complexity index is 55.5. The molecule has 0 atom stereocenters. The van der Waals surface area contributed by atoms with E-state index in [0.29, 0.717) is 0 Å². The Morgan fingerprint density at radius 2 is 2.33 bits per heavy atom. The minimum Gasteiger partial charge on any atom is -0.283 e. The highest BCUT2D eigenvalue weighted by Gasteiger charge is 1.79. The van der Waals surface area contributed by atoms with Crippen LogP contribution in [0.5, 0.6) is 0 Å². The molecule has 0 aliphatic heterocycles. The van der Waals surface area contributed by atoms with Crippen LogP contribution < -0.4 is 9.06 Å². The molecule has 0 radical (unpaired) electrons. The topological polar surface area (TPSA) is 41.1 Å². The molecule has 0 rings (SSSR count). The zero-order valence-electron chi connectivity index (χ0n) is 3.29. The highest BCUT2D eigenvalue weighted by atomic mass is 127. The molecule has 0 saturated heterocycles. The highest BCUT2D eigenvalue weighted by Crippen LogP contribution is 1.59. The van der Waals surface area contributed by atoms with Crippen molar-refractivity contribution in [1.82, 2.24) is 9.06 Å². The van der Waals surface area contributed by atoms with Crippen LogP contribution in [-0.2, 0) is 4.79 Å². The summed E-state index contributed by atoms with van der Waals surface area (Å²) in [6.45, 7) is 1.44. The zero-order chi connectivity index (χ0) is 4.99. The molecular weight excluding hydrogens is 195 g/mol. The number of hydrogen-bond donors (Lipinski definition) is 2. The maximum Gasteiger partial charge on any atom is 0.231 e. The molecule has 0 aromatic carbocycles. The van der Waals surface area contributed by atoms with E-state index in [1.807, 2.05) is 22.9 Å². The summed E-state index contributed by atoms with van der Waals surface area (Å²) in [6, 6.07) is 0. The largest absolute Gasteiger partial charge is 0.283 e. The van der Waals surface area contributed by atoms with Crippen molar-refractivity contribution in [3.63, 3.8) is 0 Å². The molecule has 6 heavy (non-hydrogen) atoms. The number of carbonyl (C=O) groups is 1. The van der Waals surface area contributed by atoms with Crippen LogP contribution in [0.1, 0.15) is 6.92 Å². The number of carbonyl (C=O) groups excluding carboxylic acids is 1. The molecule has 0 aromatic heterocycles. The summed E-state index contributed by atoms with van der Waals surface area (Å²) >= 11 is 1.82. The molecule has 36 valence electrons. The minimum atomic E-state index is -0.0793. The van der Waals surface area contributed by atoms with Gasteiger partial charge in [-0.05, 0) is 0 Å². The quantitative estimate of drug-likeness (QED) is 0.354. The fraction of sp³-hybridized carbons (Fsp3) is 0.500. The molecule has 0 fully saturated rings. The molecule has 0 aliphatic carbocycles. The van der Waals surface area contributed by atoms with Gasteiger partial charge < -0.3 is 0 Å². The predicted octanol–water partition coefficient (Wildman–Crippen LogP) is -0.0229. The second-order valence-electron chi connectivity index (χ2n) is 0.776. The van der Waals surface area contributed by atoms with Crippen LogP contribution in [-0.4, -0.2) is 5.91 Å². The second-order valence-corrected chi connectivity index (χ2v) is 1.32. The van der Waals surface area contributed by atoms with Crippen molar-refractivity contribution < 1.29 is 4.79 Å². The van der Waals surface area contributed by atoms with E-state index in [4.69, 9.17) is 0 Å². The first-order chi connectivity index (χ1) is 2.77. The Kier molecular flexibility index (Phi) is 3.44. The highest BCUT2D eigenvalue weighted by molar-refractivity contribution is 14.1. The Labute approximate surface area is 50.0 Å². The van der Waals surface area contributed by atoms with Crippen molar-refractivity contribution in [3.05, 3.63) is 0 Å². The van der Waals surface area contributed by atoms with Gasteiger partial charge in [-0.15, -0.1) is 0 Å². The van der Waals surface area contributed by atoms with Gasteiger partial charge in [0, 0.05) is 29.8 Å². The standard InChI is InChI=1S/C2H5IN2O/c1-2(6)4-5-3/h5H,1H3,(H,4,6). The Hall–Kier alpha value is 0.160. The van der Waals surface area contributed by atoms with E-state index in [0.717, 1.165) is 0 Å². The number of halogens is 1. The molecule has 0 spiro atoms. The van der Waals surface area contributed by atoms with Crippen molar-refractivity contribution in [1.29, 1.82) is 0 Å². The van der Waals surface area contributed by atoms with Crippen LogP contribution in [0.25, 0.3) is 0 Å². The molecule has 0 aliphatic rings. The van der Waals surface area contributed by atoms with Gasteiger partial charge in [0.1, 0.15) is 0 Å². The van der Waals surface area contributed by atoms with Crippen molar-refractivity contribution in [3.8, 4) is 0 Å². The monoisotopic (exact) mass is 200 g/mol. The van der Waals surface area contributed by atoms with Gasteiger partial charge in [0.15, 0.2) is 0 Å². The number of rotatable bonds is 1. The third-order valence-corrected chi connectivity index (χ3v) is 0.493. The summed E-state index contributed by atoms with van der Waals surface area (Å²) < 4.78 is 2.44. The lowest BCUT2D eigenvalue weighted by molar-refractivity contribution is -0.119. The lowest BCUT2D eigenvalue weighted by Gasteiger charge is -1.89. The zero-order valence-corrected chi connectivity index (χ0v) is 5.44. The molecule has 3 nitrogen and oxygen atoms in total. The van der Waals surface area contributed by atoms with E-state index in [1.165, 1.54) is 6.92 Å². The normalized spacial score (nSPS) is 7.67. The first-order valence-electron chi connectivity index (χ1n) is 1.39. The average molecular weight is 200 g/mol. The Morgan fingerprint density at radius 1 is 1.83 bits per heavy atom. The fourth-order valence-electron chi connectivity index (χ4n) is 0.0665. The van der Waals surface area contributed by atoms with Gasteiger partial charge in [-0.1, -0.05) is 0 Å². The van der Waals surface area contributed by atoms with E-state index in [-0.39, 0.29) is 5.91 Å². The van der Waals surface area contributed by atoms with Gasteiger partial charge in [-0.2, -0.15) is 3.64 Å². The molecular formula is C2H5IN2O. The molecule has 1 amide bonds. The first-order valence-corrected chi connectivity index (χ1v) is 2.47. The van der Waals surface area contributed by atoms with Crippen LogP contribution in [0.4, 0.5) is 0 Å². The van der Waals surface area contributed by atoms with E-state index >= 15 is 0 Å². The first kappa shape index (κ1) is 6.16. The number of nitrogens with one attached hydrogen (secondary N) is 2. The van der Waals surface area contributed by atoms with Crippen molar-refractivity contribution in [2.45, 2.75) is 6.92 Å². The summed E-state index contributed by atoms with van der Waals surface area (Å²) in [6.07, 6.45) is 0. The molecule has 4 heteroatoms. The van der Waals surface area contributed by atoms with Crippen LogP contribution in [0.15, 0.2) is 0 Å². The van der Waals surface area contributed by atoms with Crippen molar-refractivity contribution in [2.75, 3.05) is 0 Å². The smallest absolute Gasteiger partial charge is 0.231 e. The summed E-state index contributed by atoms with van der Waals surface area (Å²) in [5.41, 5.74) is 2.31. The second kappa shape index (κ2) is 3.35. The van der Waals surface area contributed by atoms with E-state index < -0.39 is 0 Å². The van der Waals surface area contributed by atoms with Crippen LogP contribution in [0.3, 0.4) is 0 Å². The van der Waals surface area contributed by atoms with Crippen LogP contribution in [0.2, 0.25) is 0 Å². The predicted molar refractivity (Wildman–Crippen MR) is 31.0 cm³/mol. The van der Waals surface area contributed by atoms with Gasteiger partial charge in [0.05, 0.1) is 0 Å². The molecule has 0 heterocycles. The molecule has 0 unspecified atom stereocenters. The average Bonchev–Trinajstić information content (AvgIpc) is 1.35. The SMILES string of the molecule is CC(=O)NNI. The lowest BCUT2D eigenvalue weighted by atomic mass is 10.8. The summed E-state index contributed by atoms with van der Waals surface area (Å²) in [5.74, 6) is -0.0793. The third kappa shape index (κ3) is 4.16. The van der Waals surface area contributed by atoms with Crippen LogP contribution >= 0.6 is 22.9 Å². The molecule has 0 aromatic rings. The molecule has 0 bridgehead atoms. The van der Waals surface area contributed by atoms with Gasteiger partial charge in [-0.3, -0.25) is 10.2 Å². The van der Waals surface area contributed by atoms with Gasteiger partial charge in [0.2, 0.25) is 5.91 Å². The minimum absolute atomic E-state index is 0.0793. The summed E-state index contributed by atoms with van der Waals surface area (Å²) in [4.78, 5) is 9.87. The number of hydrazine groups is 1. The van der Waals surface area contributed by atoms with Crippen molar-refractivity contribution in [2.24, 2.45) is 0 Å². The maximum atomic E-state index is 9.87. The van der Waals surface area contributed by atoms with Gasteiger partial charge in [-0.25, -0.2) is 0 Å². The van der Waals surface area contributed by atoms with Crippen LogP contribution in [0, 0.1) is 0 Å². The van der Waals surface area contributed by atoms with E-state index in [1.54, 1.807) is 0 Å². The summed E-state index contributed by atoms with van der Waals surface area (Å²) in [7, 11) is 0. The van der Waals surface area contributed by atoms with Crippen molar-refractivity contribution >= 4 is 28.8 Å². The summed E-state index contributed by atoms with van der Waals surface area (Å²) in [5, 5.41) is 0. The Morgan fingerprint density at radius 3 is 2.33 bits per heavy atom. The fourth-order valence-corrected chi connectivity index (χ4v) is 0.446. The number of amides is 1. The van der Waals surface area contributed by atoms with E-state index in [2.05, 4.69) is 9.06 Å². The molecule has 0 saturated carbocycles.